The van der Waals surface area contributed by atoms with Crippen molar-refractivity contribution in [2.45, 2.75) is 25.1 Å². The van der Waals surface area contributed by atoms with Crippen LogP contribution in [0.1, 0.15) is 17.5 Å². The van der Waals surface area contributed by atoms with E-state index in [1.54, 1.807) is 0 Å². The summed E-state index contributed by atoms with van der Waals surface area (Å²) >= 11 is 0. The Morgan fingerprint density at radius 3 is 2.54 bits per heavy atom. The van der Waals surface area contributed by atoms with Gasteiger partial charge in [-0.1, -0.05) is 48.5 Å². The summed E-state index contributed by atoms with van der Waals surface area (Å²) < 4.78 is 11.3. The standard InChI is InChI=1S/C23H26N2O3/c1-24(2)20-10-8-18(9-11-20)19-12-21-15-27-16-22(13-19)25(21)23(26)28-14-17-6-4-3-5-7-17/h3-12,21-22H,13-16H2,1-2H3. The van der Waals surface area contributed by atoms with E-state index in [4.69, 9.17) is 9.47 Å². The lowest BCUT2D eigenvalue weighted by Crippen LogP contribution is -2.56. The molecule has 2 atom stereocenters. The first-order valence-electron chi connectivity index (χ1n) is 9.67. The van der Waals surface area contributed by atoms with Crippen LogP contribution in [0.3, 0.4) is 0 Å². The lowest BCUT2D eigenvalue weighted by atomic mass is 9.90. The molecule has 2 unspecified atom stereocenters. The molecule has 1 fully saturated rings. The van der Waals surface area contributed by atoms with Crippen LogP contribution in [0.5, 0.6) is 0 Å². The Labute approximate surface area is 166 Å². The molecule has 0 spiro atoms. The molecule has 2 aromatic rings. The summed E-state index contributed by atoms with van der Waals surface area (Å²) in [5, 5.41) is 0. The van der Waals surface area contributed by atoms with Crippen molar-refractivity contribution in [3.05, 3.63) is 71.8 Å². The van der Waals surface area contributed by atoms with E-state index in [-0.39, 0.29) is 18.2 Å². The van der Waals surface area contributed by atoms with Crippen LogP contribution < -0.4 is 4.90 Å². The van der Waals surface area contributed by atoms with Crippen molar-refractivity contribution in [2.75, 3.05) is 32.2 Å². The second kappa shape index (κ2) is 8.07. The molecule has 2 aliphatic heterocycles. The van der Waals surface area contributed by atoms with Gasteiger partial charge in [0.25, 0.3) is 0 Å². The molecule has 0 aromatic heterocycles. The van der Waals surface area contributed by atoms with Crippen LogP contribution >= 0.6 is 0 Å². The van der Waals surface area contributed by atoms with Gasteiger partial charge in [-0.05, 0) is 35.3 Å². The molecule has 2 bridgehead atoms. The monoisotopic (exact) mass is 378 g/mol. The number of nitrogens with zero attached hydrogens (tertiary/aromatic N) is 2. The summed E-state index contributed by atoms with van der Waals surface area (Å²) in [7, 11) is 4.07. The van der Waals surface area contributed by atoms with Crippen LogP contribution in [0.4, 0.5) is 10.5 Å². The molecule has 0 radical (unpaired) electrons. The molecule has 2 aliphatic rings. The molecule has 0 N–H and O–H groups in total. The molecule has 0 saturated carbocycles. The molecule has 1 saturated heterocycles. The average Bonchev–Trinajstić information content (AvgIpc) is 2.72. The lowest BCUT2D eigenvalue weighted by molar-refractivity contribution is -0.0342. The summed E-state index contributed by atoms with van der Waals surface area (Å²) in [5.74, 6) is 0. The third-order valence-electron chi connectivity index (χ3n) is 5.37. The molecule has 28 heavy (non-hydrogen) atoms. The Kier molecular flexibility index (Phi) is 5.35. The molecule has 2 aromatic carbocycles. The van der Waals surface area contributed by atoms with Gasteiger partial charge in [-0.15, -0.1) is 0 Å². The highest BCUT2D eigenvalue weighted by Gasteiger charge is 2.39. The van der Waals surface area contributed by atoms with Crippen LogP contribution in [0.2, 0.25) is 0 Å². The number of amides is 1. The maximum atomic E-state index is 12.8. The summed E-state index contributed by atoms with van der Waals surface area (Å²) in [5.41, 5.74) is 4.65. The van der Waals surface area contributed by atoms with Crippen molar-refractivity contribution in [3.63, 3.8) is 0 Å². The van der Waals surface area contributed by atoms with E-state index in [2.05, 4.69) is 35.2 Å². The zero-order valence-electron chi connectivity index (χ0n) is 16.4. The molecule has 5 nitrogen and oxygen atoms in total. The van der Waals surface area contributed by atoms with Crippen molar-refractivity contribution in [1.82, 2.24) is 4.90 Å². The molecular weight excluding hydrogens is 352 g/mol. The van der Waals surface area contributed by atoms with Gasteiger partial charge in [-0.3, -0.25) is 4.90 Å². The molecule has 1 amide bonds. The minimum absolute atomic E-state index is 0.00977. The first kappa shape index (κ1) is 18.6. The fraction of sp³-hybridized carbons (Fsp3) is 0.348. The van der Waals surface area contributed by atoms with Gasteiger partial charge in [0, 0.05) is 19.8 Å². The van der Waals surface area contributed by atoms with E-state index < -0.39 is 0 Å². The van der Waals surface area contributed by atoms with Gasteiger partial charge in [-0.2, -0.15) is 0 Å². The van der Waals surface area contributed by atoms with E-state index in [0.717, 1.165) is 12.0 Å². The van der Waals surface area contributed by atoms with Crippen LogP contribution in [0.25, 0.3) is 5.57 Å². The zero-order chi connectivity index (χ0) is 19.5. The van der Waals surface area contributed by atoms with E-state index in [0.29, 0.717) is 19.8 Å². The SMILES string of the molecule is CN(C)c1ccc(C2=CC3COCC(C2)N3C(=O)OCc2ccccc2)cc1. The molecule has 2 heterocycles. The van der Waals surface area contributed by atoms with E-state index in [9.17, 15) is 4.79 Å². The van der Waals surface area contributed by atoms with Crippen molar-refractivity contribution in [2.24, 2.45) is 0 Å². The van der Waals surface area contributed by atoms with Crippen molar-refractivity contribution in [3.8, 4) is 0 Å². The summed E-state index contributed by atoms with van der Waals surface area (Å²) in [6.45, 7) is 1.35. The van der Waals surface area contributed by atoms with Crippen molar-refractivity contribution >= 4 is 17.4 Å². The van der Waals surface area contributed by atoms with E-state index in [1.165, 1.54) is 16.8 Å². The fourth-order valence-corrected chi connectivity index (χ4v) is 3.86. The topological polar surface area (TPSA) is 42.0 Å². The number of hydrogen-bond acceptors (Lipinski definition) is 4. The van der Waals surface area contributed by atoms with Crippen LogP contribution in [-0.4, -0.2) is 50.4 Å². The van der Waals surface area contributed by atoms with Crippen LogP contribution in [0, 0.1) is 0 Å². The largest absolute Gasteiger partial charge is 0.445 e. The summed E-state index contributed by atoms with van der Waals surface area (Å²) in [6.07, 6.45) is 2.67. The third-order valence-corrected chi connectivity index (χ3v) is 5.37. The number of fused-ring (bicyclic) bond motifs is 2. The number of anilines is 1. The van der Waals surface area contributed by atoms with Gasteiger partial charge in [0.05, 0.1) is 25.3 Å². The Hall–Kier alpha value is -2.79. The first-order chi connectivity index (χ1) is 13.6. The molecule has 4 rings (SSSR count). The smallest absolute Gasteiger partial charge is 0.411 e. The Bertz CT molecular complexity index is 846. The number of carbonyl (C=O) groups is 1. The van der Waals surface area contributed by atoms with Gasteiger partial charge in [-0.25, -0.2) is 4.79 Å². The first-order valence-corrected chi connectivity index (χ1v) is 9.67. The minimum Gasteiger partial charge on any atom is -0.445 e. The molecule has 146 valence electrons. The normalized spacial score (nSPS) is 21.1. The Balaban J connectivity index is 1.48. The minimum atomic E-state index is -0.264. The maximum absolute atomic E-state index is 12.8. The van der Waals surface area contributed by atoms with Gasteiger partial charge < -0.3 is 14.4 Å². The zero-order valence-corrected chi connectivity index (χ0v) is 16.4. The molecular formula is C23H26N2O3. The summed E-state index contributed by atoms with van der Waals surface area (Å²) in [6, 6.07) is 18.3. The number of morpholine rings is 1. The fourth-order valence-electron chi connectivity index (χ4n) is 3.86. The van der Waals surface area contributed by atoms with Gasteiger partial charge in [0.1, 0.15) is 6.61 Å². The second-order valence-corrected chi connectivity index (χ2v) is 7.54. The Morgan fingerprint density at radius 2 is 1.86 bits per heavy atom. The molecule has 5 heteroatoms. The predicted octanol–water partition coefficient (Wildman–Crippen LogP) is 3.95. The number of ether oxygens (including phenoxy) is 2. The summed E-state index contributed by atoms with van der Waals surface area (Å²) in [4.78, 5) is 16.7. The Morgan fingerprint density at radius 1 is 1.11 bits per heavy atom. The van der Waals surface area contributed by atoms with Crippen LogP contribution in [-0.2, 0) is 16.1 Å². The average molecular weight is 378 g/mol. The van der Waals surface area contributed by atoms with Crippen LogP contribution in [0.15, 0.2) is 60.7 Å². The van der Waals surface area contributed by atoms with Gasteiger partial charge in [0.2, 0.25) is 0 Å². The quantitative estimate of drug-likeness (QED) is 0.808. The van der Waals surface area contributed by atoms with Gasteiger partial charge >= 0.3 is 6.09 Å². The lowest BCUT2D eigenvalue weighted by Gasteiger charge is -2.43. The van der Waals surface area contributed by atoms with Gasteiger partial charge in [0.15, 0.2) is 0 Å². The van der Waals surface area contributed by atoms with Crippen molar-refractivity contribution in [1.29, 1.82) is 0 Å². The highest BCUT2D eigenvalue weighted by atomic mass is 16.6. The number of rotatable bonds is 4. The third kappa shape index (κ3) is 3.90. The van der Waals surface area contributed by atoms with E-state index >= 15 is 0 Å². The second-order valence-electron chi connectivity index (χ2n) is 7.54. The number of hydrogen-bond donors (Lipinski definition) is 0. The highest BCUT2D eigenvalue weighted by molar-refractivity contribution is 5.75. The highest BCUT2D eigenvalue weighted by Crippen LogP contribution is 2.33. The molecule has 0 aliphatic carbocycles. The maximum Gasteiger partial charge on any atom is 0.411 e. The van der Waals surface area contributed by atoms with E-state index in [1.807, 2.05) is 49.3 Å². The predicted molar refractivity (Wildman–Crippen MR) is 110 cm³/mol. The van der Waals surface area contributed by atoms with Crippen molar-refractivity contribution < 1.29 is 14.3 Å². The number of carbonyl (C=O) groups excluding carboxylic acids is 1. The number of benzene rings is 2.